The molecule has 5 rings (SSSR count). The smallest absolute Gasteiger partial charge is 0.211 e. The fourth-order valence-electron chi connectivity index (χ4n) is 3.63. The minimum Gasteiger partial charge on any atom is -0.399 e. The number of pyridine rings is 1. The lowest BCUT2D eigenvalue weighted by Crippen LogP contribution is -1.98. The number of fused-ring (bicyclic) bond motifs is 1. The molecule has 0 unspecified atom stereocenters. The second-order valence-corrected chi connectivity index (χ2v) is 8.98. The molecule has 0 saturated carbocycles. The highest BCUT2D eigenvalue weighted by Gasteiger charge is 2.04. The Hall–Kier alpha value is -4.56. The summed E-state index contributed by atoms with van der Waals surface area (Å²) >= 11 is 1.71. The van der Waals surface area contributed by atoms with Gasteiger partial charge in [-0.3, -0.25) is 9.78 Å². The Morgan fingerprint density at radius 2 is 1.76 bits per heavy atom. The number of rotatable bonds is 7. The number of aromatic amines is 1. The molecule has 6 N–H and O–H groups in total. The maximum Gasteiger partial charge on any atom is 0.211 e. The lowest BCUT2D eigenvalue weighted by Gasteiger charge is -2.09. The molecule has 0 spiro atoms. The highest BCUT2D eigenvalue weighted by atomic mass is 32.2. The van der Waals surface area contributed by atoms with E-state index < -0.39 is 0 Å². The predicted molar refractivity (Wildman–Crippen MR) is 154 cm³/mol. The molecule has 5 aromatic rings. The van der Waals surface area contributed by atoms with Crippen LogP contribution in [-0.4, -0.2) is 28.9 Å². The Balaban J connectivity index is 0.000000195. The van der Waals surface area contributed by atoms with Crippen molar-refractivity contribution >= 4 is 52.9 Å². The number of carbonyl (C=O) groups is 2. The molecule has 0 atom stereocenters. The third-order valence-electron chi connectivity index (χ3n) is 5.42. The molecule has 0 bridgehead atoms. The van der Waals surface area contributed by atoms with Gasteiger partial charge < -0.3 is 26.6 Å². The van der Waals surface area contributed by atoms with Gasteiger partial charge >= 0.3 is 0 Å². The van der Waals surface area contributed by atoms with E-state index in [0.29, 0.717) is 12.1 Å². The standard InChI is InChI=1S/C15H16N2OS.C13H11N3.CH2O/c16-13-6-7-15(14(10-13)17-11-18)19-9-8-12-4-2-1-3-5-12;14-12-8-16-13-4-3-9(6-11(12)13)10-2-1-5-15-7-10;1-2/h1-7,10-11H,8-9,16H2,(H,17,18);1-8,16H,14H2;1H2. The van der Waals surface area contributed by atoms with Gasteiger partial charge in [0.1, 0.15) is 6.79 Å². The number of anilines is 3. The van der Waals surface area contributed by atoms with Crippen LogP contribution in [0.15, 0.2) is 102 Å². The second-order valence-electron chi connectivity index (χ2n) is 7.85. The Bertz CT molecular complexity index is 1410. The molecule has 0 radical (unpaired) electrons. The minimum absolute atomic E-state index is 0.650. The topological polar surface area (TPSA) is 127 Å². The quantitative estimate of drug-likeness (QED) is 0.124. The number of nitrogens with two attached hydrogens (primary N) is 2. The summed E-state index contributed by atoms with van der Waals surface area (Å²) in [7, 11) is 0. The highest BCUT2D eigenvalue weighted by Crippen LogP contribution is 2.29. The number of hydrogen-bond acceptors (Lipinski definition) is 6. The van der Waals surface area contributed by atoms with Crippen molar-refractivity contribution in [3.05, 3.63) is 103 Å². The zero-order valence-electron chi connectivity index (χ0n) is 20.3. The fourth-order valence-corrected chi connectivity index (χ4v) is 4.62. The first-order chi connectivity index (χ1) is 18.1. The number of H-pyrrole nitrogens is 1. The first-order valence-electron chi connectivity index (χ1n) is 11.5. The van der Waals surface area contributed by atoms with E-state index in [1.54, 1.807) is 24.0 Å². The van der Waals surface area contributed by atoms with Gasteiger partial charge in [0.2, 0.25) is 6.41 Å². The molecule has 0 aliphatic heterocycles. The normalized spacial score (nSPS) is 9.95. The highest BCUT2D eigenvalue weighted by molar-refractivity contribution is 7.99. The van der Waals surface area contributed by atoms with Crippen molar-refractivity contribution in [2.45, 2.75) is 11.3 Å². The molecule has 7 nitrogen and oxygen atoms in total. The molecular formula is C29H29N5O2S. The third-order valence-corrected chi connectivity index (χ3v) is 6.49. The van der Waals surface area contributed by atoms with E-state index in [1.807, 2.05) is 67.7 Å². The Morgan fingerprint density at radius 3 is 2.49 bits per heavy atom. The molecule has 8 heteroatoms. The zero-order chi connectivity index (χ0) is 26.5. The minimum atomic E-state index is 0.650. The van der Waals surface area contributed by atoms with Crippen LogP contribution in [-0.2, 0) is 16.0 Å². The molecule has 2 aromatic heterocycles. The summed E-state index contributed by atoms with van der Waals surface area (Å²) in [6.45, 7) is 2.00. The van der Waals surface area contributed by atoms with Crippen LogP contribution in [0.1, 0.15) is 5.56 Å². The van der Waals surface area contributed by atoms with Gasteiger partial charge in [-0.15, -0.1) is 11.8 Å². The number of aryl methyl sites for hydroxylation is 1. The van der Waals surface area contributed by atoms with Crippen molar-refractivity contribution in [3.8, 4) is 11.1 Å². The van der Waals surface area contributed by atoms with Crippen molar-refractivity contribution in [2.24, 2.45) is 0 Å². The SMILES string of the molecule is C=O.Nc1c[nH]c2ccc(-c3cccnc3)cc12.Nc1ccc(SCCc2ccccc2)c(NC=O)c1. The predicted octanol–water partition coefficient (Wildman–Crippen LogP) is 5.80. The van der Waals surface area contributed by atoms with Gasteiger partial charge in [0.15, 0.2) is 0 Å². The number of aromatic nitrogens is 2. The summed E-state index contributed by atoms with van der Waals surface area (Å²) in [5.74, 6) is 0.960. The Kier molecular flexibility index (Phi) is 10.3. The Labute approximate surface area is 220 Å². The second kappa shape index (κ2) is 14.1. The van der Waals surface area contributed by atoms with Crippen LogP contribution in [0.3, 0.4) is 0 Å². The van der Waals surface area contributed by atoms with Crippen molar-refractivity contribution in [1.29, 1.82) is 0 Å². The lowest BCUT2D eigenvalue weighted by atomic mass is 10.1. The summed E-state index contributed by atoms with van der Waals surface area (Å²) < 4.78 is 0. The van der Waals surface area contributed by atoms with E-state index in [1.165, 1.54) is 5.56 Å². The average Bonchev–Trinajstić information content (AvgIpc) is 3.32. The van der Waals surface area contributed by atoms with Gasteiger partial charge in [-0.05, 0) is 53.9 Å². The first-order valence-corrected chi connectivity index (χ1v) is 12.4. The molecule has 3 aromatic carbocycles. The van der Waals surface area contributed by atoms with Crippen molar-refractivity contribution in [1.82, 2.24) is 9.97 Å². The van der Waals surface area contributed by atoms with Crippen molar-refractivity contribution in [3.63, 3.8) is 0 Å². The third kappa shape index (κ3) is 7.71. The van der Waals surface area contributed by atoms with Gasteiger partial charge in [0, 0.05) is 51.4 Å². The van der Waals surface area contributed by atoms with E-state index in [0.717, 1.165) is 50.5 Å². The number of benzene rings is 3. The maximum atomic E-state index is 10.6. The number of thioether (sulfide) groups is 1. The van der Waals surface area contributed by atoms with Crippen LogP contribution in [0, 0.1) is 0 Å². The molecule has 37 heavy (non-hydrogen) atoms. The molecule has 0 aliphatic rings. The number of amides is 1. The van der Waals surface area contributed by atoms with Gasteiger partial charge in [0.05, 0.1) is 11.4 Å². The van der Waals surface area contributed by atoms with Crippen LogP contribution in [0.5, 0.6) is 0 Å². The zero-order valence-corrected chi connectivity index (χ0v) is 21.1. The van der Waals surface area contributed by atoms with Crippen LogP contribution < -0.4 is 16.8 Å². The number of hydrogen-bond donors (Lipinski definition) is 4. The number of nitrogens with zero attached hydrogens (tertiary/aromatic N) is 1. The lowest BCUT2D eigenvalue weighted by molar-refractivity contribution is -0.105. The van der Waals surface area contributed by atoms with Gasteiger partial charge in [-0.2, -0.15) is 0 Å². The average molecular weight is 512 g/mol. The number of nitrogens with one attached hydrogen (secondary N) is 2. The molecule has 188 valence electrons. The molecule has 0 fully saturated rings. The fraction of sp³-hybridized carbons (Fsp3) is 0.0690. The summed E-state index contributed by atoms with van der Waals surface area (Å²) in [6, 6.07) is 26.1. The van der Waals surface area contributed by atoms with Crippen LogP contribution in [0.25, 0.3) is 22.0 Å². The van der Waals surface area contributed by atoms with E-state index in [-0.39, 0.29) is 0 Å². The van der Waals surface area contributed by atoms with Gasteiger partial charge in [-0.25, -0.2) is 0 Å². The van der Waals surface area contributed by atoms with Crippen molar-refractivity contribution in [2.75, 3.05) is 22.5 Å². The molecule has 1 amide bonds. The summed E-state index contributed by atoms with van der Waals surface area (Å²) in [5.41, 5.74) is 18.4. The maximum absolute atomic E-state index is 10.6. The molecule has 2 heterocycles. The van der Waals surface area contributed by atoms with Gasteiger partial charge in [-0.1, -0.05) is 42.5 Å². The van der Waals surface area contributed by atoms with Crippen molar-refractivity contribution < 1.29 is 9.59 Å². The molecule has 0 aliphatic carbocycles. The van der Waals surface area contributed by atoms with E-state index in [4.69, 9.17) is 16.3 Å². The molecule has 0 saturated heterocycles. The number of nitrogen functional groups attached to an aromatic ring is 2. The Morgan fingerprint density at radius 1 is 0.946 bits per heavy atom. The van der Waals surface area contributed by atoms with Crippen LogP contribution in [0.4, 0.5) is 17.1 Å². The van der Waals surface area contributed by atoms with Gasteiger partial charge in [0.25, 0.3) is 0 Å². The summed E-state index contributed by atoms with van der Waals surface area (Å²) in [6.07, 6.45) is 7.11. The van der Waals surface area contributed by atoms with E-state index in [2.05, 4.69) is 39.6 Å². The van der Waals surface area contributed by atoms with Crippen LogP contribution >= 0.6 is 11.8 Å². The monoisotopic (exact) mass is 511 g/mol. The molecular weight excluding hydrogens is 482 g/mol. The van der Waals surface area contributed by atoms with E-state index >= 15 is 0 Å². The summed E-state index contributed by atoms with van der Waals surface area (Å²) in [5, 5.41) is 3.74. The largest absolute Gasteiger partial charge is 0.399 e. The van der Waals surface area contributed by atoms with Crippen LogP contribution in [0.2, 0.25) is 0 Å². The van der Waals surface area contributed by atoms with E-state index in [9.17, 15) is 4.79 Å². The number of carbonyl (C=O) groups excluding carboxylic acids is 2. The first kappa shape index (κ1) is 27.0. The summed E-state index contributed by atoms with van der Waals surface area (Å²) in [4.78, 5) is 26.8.